The summed E-state index contributed by atoms with van der Waals surface area (Å²) in [6.45, 7) is 2.08. The van der Waals surface area contributed by atoms with Gasteiger partial charge in [-0.25, -0.2) is 0 Å². The maximum Gasteiger partial charge on any atom is 0.145 e. The maximum absolute atomic E-state index is 9.77. The van der Waals surface area contributed by atoms with E-state index in [9.17, 15) is 5.11 Å². The van der Waals surface area contributed by atoms with Gasteiger partial charge in [0.25, 0.3) is 0 Å². The van der Waals surface area contributed by atoms with Gasteiger partial charge in [-0.15, -0.1) is 0 Å². The van der Waals surface area contributed by atoms with Crippen LogP contribution in [0.3, 0.4) is 0 Å². The molecular formula is C10H17N3O. The first-order chi connectivity index (χ1) is 6.72. The lowest BCUT2D eigenvalue weighted by molar-refractivity contribution is 0.129. The molecule has 0 saturated heterocycles. The molecule has 2 atom stereocenters. The fourth-order valence-electron chi connectivity index (χ4n) is 2.21. The summed E-state index contributed by atoms with van der Waals surface area (Å²) in [4.78, 5) is 0. The van der Waals surface area contributed by atoms with Crippen LogP contribution in [-0.4, -0.2) is 21.0 Å². The minimum Gasteiger partial charge on any atom is -0.391 e. The average Bonchev–Trinajstić information content (AvgIpc) is 2.71. The van der Waals surface area contributed by atoms with Crippen LogP contribution in [0, 0.1) is 0 Å². The molecule has 0 radical (unpaired) electrons. The number of anilines is 1. The van der Waals surface area contributed by atoms with E-state index < -0.39 is 0 Å². The molecule has 0 aromatic carbocycles. The van der Waals surface area contributed by atoms with E-state index in [0.717, 1.165) is 31.4 Å². The van der Waals surface area contributed by atoms with Gasteiger partial charge in [0, 0.05) is 11.8 Å². The molecule has 3 N–H and O–H groups in total. The molecule has 1 aliphatic rings. The van der Waals surface area contributed by atoms with E-state index in [2.05, 4.69) is 12.0 Å². The minimum absolute atomic E-state index is 0.141. The second kappa shape index (κ2) is 3.61. The summed E-state index contributed by atoms with van der Waals surface area (Å²) in [6.07, 6.45) is 3.63. The molecule has 0 amide bonds. The monoisotopic (exact) mass is 195 g/mol. The Bertz CT molecular complexity index is 321. The minimum atomic E-state index is -0.250. The molecule has 0 spiro atoms. The van der Waals surface area contributed by atoms with Gasteiger partial charge in [0.15, 0.2) is 0 Å². The standard InChI is InChI=1S/C10H17N3O/c1-2-7-6-10(11)12-13(7)8-4-3-5-9(8)14/h6,8-9,14H,2-5H2,1H3,(H2,11,12). The van der Waals surface area contributed by atoms with Crippen LogP contribution in [0.4, 0.5) is 5.82 Å². The fraction of sp³-hybridized carbons (Fsp3) is 0.700. The Morgan fingerprint density at radius 2 is 2.43 bits per heavy atom. The van der Waals surface area contributed by atoms with E-state index in [-0.39, 0.29) is 12.1 Å². The van der Waals surface area contributed by atoms with E-state index in [1.54, 1.807) is 0 Å². The van der Waals surface area contributed by atoms with Gasteiger partial charge in [0.2, 0.25) is 0 Å². The van der Waals surface area contributed by atoms with Crippen molar-refractivity contribution in [3.05, 3.63) is 11.8 Å². The molecular weight excluding hydrogens is 178 g/mol. The van der Waals surface area contributed by atoms with E-state index in [0.29, 0.717) is 5.82 Å². The summed E-state index contributed by atoms with van der Waals surface area (Å²) in [5.74, 6) is 0.556. The van der Waals surface area contributed by atoms with Crippen LogP contribution < -0.4 is 5.73 Å². The van der Waals surface area contributed by atoms with Gasteiger partial charge in [-0.05, 0) is 25.7 Å². The van der Waals surface area contributed by atoms with Gasteiger partial charge in [0.1, 0.15) is 5.82 Å². The number of aryl methyl sites for hydroxylation is 1. The van der Waals surface area contributed by atoms with Crippen LogP contribution in [0.25, 0.3) is 0 Å². The molecule has 2 rings (SSSR count). The number of nitrogens with two attached hydrogens (primary N) is 1. The van der Waals surface area contributed by atoms with Crippen molar-refractivity contribution in [2.45, 2.75) is 44.8 Å². The number of aromatic nitrogens is 2. The van der Waals surface area contributed by atoms with Crippen molar-refractivity contribution in [3.8, 4) is 0 Å². The van der Waals surface area contributed by atoms with Crippen molar-refractivity contribution >= 4 is 5.82 Å². The molecule has 1 aliphatic carbocycles. The summed E-state index contributed by atoms with van der Waals surface area (Å²) in [5.41, 5.74) is 6.77. The lowest BCUT2D eigenvalue weighted by Gasteiger charge is -2.17. The quantitative estimate of drug-likeness (QED) is 0.743. The van der Waals surface area contributed by atoms with Crippen molar-refractivity contribution in [3.63, 3.8) is 0 Å². The Morgan fingerprint density at radius 3 is 3.00 bits per heavy atom. The van der Waals surface area contributed by atoms with E-state index in [4.69, 9.17) is 5.73 Å². The van der Waals surface area contributed by atoms with Crippen LogP contribution >= 0.6 is 0 Å². The van der Waals surface area contributed by atoms with Crippen molar-refractivity contribution in [1.29, 1.82) is 0 Å². The van der Waals surface area contributed by atoms with Crippen molar-refractivity contribution in [2.75, 3.05) is 5.73 Å². The number of hydrogen-bond acceptors (Lipinski definition) is 3. The number of hydrogen-bond donors (Lipinski definition) is 2. The van der Waals surface area contributed by atoms with E-state index in [1.165, 1.54) is 0 Å². The highest BCUT2D eigenvalue weighted by atomic mass is 16.3. The van der Waals surface area contributed by atoms with Crippen LogP contribution in [0.2, 0.25) is 0 Å². The van der Waals surface area contributed by atoms with Gasteiger partial charge in [0.05, 0.1) is 12.1 Å². The largest absolute Gasteiger partial charge is 0.391 e. The van der Waals surface area contributed by atoms with Crippen LogP contribution in [0.15, 0.2) is 6.07 Å². The zero-order valence-corrected chi connectivity index (χ0v) is 8.48. The highest BCUT2D eigenvalue weighted by Crippen LogP contribution is 2.31. The molecule has 4 nitrogen and oxygen atoms in total. The summed E-state index contributed by atoms with van der Waals surface area (Å²) in [5, 5.41) is 14.0. The van der Waals surface area contributed by atoms with Gasteiger partial charge < -0.3 is 10.8 Å². The van der Waals surface area contributed by atoms with E-state index in [1.807, 2.05) is 10.7 Å². The molecule has 1 aromatic rings. The lowest BCUT2D eigenvalue weighted by Crippen LogP contribution is -2.21. The molecule has 0 aliphatic heterocycles. The zero-order chi connectivity index (χ0) is 10.1. The second-order valence-electron chi connectivity index (χ2n) is 3.92. The Hall–Kier alpha value is -1.03. The number of aliphatic hydroxyl groups excluding tert-OH is 1. The third kappa shape index (κ3) is 1.50. The van der Waals surface area contributed by atoms with Crippen molar-refractivity contribution in [2.24, 2.45) is 0 Å². The summed E-state index contributed by atoms with van der Waals surface area (Å²) in [7, 11) is 0. The van der Waals surface area contributed by atoms with Crippen LogP contribution in [-0.2, 0) is 6.42 Å². The average molecular weight is 195 g/mol. The number of nitrogen functional groups attached to an aromatic ring is 1. The number of aliphatic hydroxyl groups is 1. The first-order valence-electron chi connectivity index (χ1n) is 5.24. The highest BCUT2D eigenvalue weighted by Gasteiger charge is 2.28. The Morgan fingerprint density at radius 1 is 1.64 bits per heavy atom. The Balaban J connectivity index is 2.29. The fourth-order valence-corrected chi connectivity index (χ4v) is 2.21. The first-order valence-corrected chi connectivity index (χ1v) is 5.24. The molecule has 2 unspecified atom stereocenters. The highest BCUT2D eigenvalue weighted by molar-refractivity contribution is 5.30. The smallest absolute Gasteiger partial charge is 0.145 e. The molecule has 4 heteroatoms. The van der Waals surface area contributed by atoms with Crippen molar-refractivity contribution < 1.29 is 5.11 Å². The van der Waals surface area contributed by atoms with E-state index >= 15 is 0 Å². The molecule has 1 aromatic heterocycles. The van der Waals surface area contributed by atoms with Crippen LogP contribution in [0.1, 0.15) is 37.9 Å². The third-order valence-corrected chi connectivity index (χ3v) is 2.95. The SMILES string of the molecule is CCc1cc(N)nn1C1CCCC1O. The maximum atomic E-state index is 9.77. The molecule has 1 saturated carbocycles. The molecule has 1 fully saturated rings. The van der Waals surface area contributed by atoms with Gasteiger partial charge >= 0.3 is 0 Å². The van der Waals surface area contributed by atoms with Crippen LogP contribution in [0.5, 0.6) is 0 Å². The van der Waals surface area contributed by atoms with Crippen molar-refractivity contribution in [1.82, 2.24) is 9.78 Å². The summed E-state index contributed by atoms with van der Waals surface area (Å²) >= 11 is 0. The predicted octanol–water partition coefficient (Wildman–Crippen LogP) is 1.11. The lowest BCUT2D eigenvalue weighted by atomic mass is 10.2. The number of rotatable bonds is 2. The molecule has 1 heterocycles. The third-order valence-electron chi connectivity index (χ3n) is 2.95. The normalized spacial score (nSPS) is 27.0. The topological polar surface area (TPSA) is 64.1 Å². The molecule has 14 heavy (non-hydrogen) atoms. The first kappa shape index (κ1) is 9.52. The summed E-state index contributed by atoms with van der Waals surface area (Å²) in [6, 6.07) is 2.03. The Labute approximate surface area is 83.7 Å². The second-order valence-corrected chi connectivity index (χ2v) is 3.92. The summed E-state index contributed by atoms with van der Waals surface area (Å²) < 4.78 is 1.91. The zero-order valence-electron chi connectivity index (χ0n) is 8.48. The molecule has 0 bridgehead atoms. The number of nitrogens with zero attached hydrogens (tertiary/aromatic N) is 2. The van der Waals surface area contributed by atoms with Gasteiger partial charge in [-0.3, -0.25) is 4.68 Å². The Kier molecular flexibility index (Phi) is 2.46. The molecule has 78 valence electrons. The predicted molar refractivity (Wildman–Crippen MR) is 54.9 cm³/mol. The van der Waals surface area contributed by atoms with Gasteiger partial charge in [-0.1, -0.05) is 6.92 Å². The van der Waals surface area contributed by atoms with Gasteiger partial charge in [-0.2, -0.15) is 5.10 Å².